The van der Waals surface area contributed by atoms with Crippen LogP contribution in [0.1, 0.15) is 29.9 Å². The summed E-state index contributed by atoms with van der Waals surface area (Å²) in [6.45, 7) is 4.21. The highest BCUT2D eigenvalue weighted by Crippen LogP contribution is 2.08. The topological polar surface area (TPSA) is 78.4 Å². The Kier molecular flexibility index (Phi) is 6.52. The lowest BCUT2D eigenvalue weighted by molar-refractivity contribution is -0.122. The van der Waals surface area contributed by atoms with Crippen LogP contribution in [-0.4, -0.2) is 36.1 Å². The first-order chi connectivity index (χ1) is 9.04. The molecule has 106 valence electrons. The second-order valence-electron chi connectivity index (χ2n) is 4.54. The van der Waals surface area contributed by atoms with Crippen LogP contribution in [0.4, 0.5) is 0 Å². The summed E-state index contributed by atoms with van der Waals surface area (Å²) >= 11 is 1.34. The number of nitrogens with one attached hydrogen (secondary N) is 2. The van der Waals surface area contributed by atoms with E-state index in [1.807, 2.05) is 12.3 Å². The number of aliphatic hydroxyl groups is 1. The predicted molar refractivity (Wildman–Crippen MR) is 75.1 cm³/mol. The van der Waals surface area contributed by atoms with Crippen molar-refractivity contribution in [2.24, 2.45) is 5.92 Å². The average Bonchev–Trinajstić information content (AvgIpc) is 2.90. The van der Waals surface area contributed by atoms with E-state index in [0.29, 0.717) is 17.8 Å². The molecular formula is C13H20N2O3S. The summed E-state index contributed by atoms with van der Waals surface area (Å²) in [5.74, 6) is -0.232. The summed E-state index contributed by atoms with van der Waals surface area (Å²) in [6, 6.07) is 2.94. The van der Waals surface area contributed by atoms with Gasteiger partial charge in [-0.2, -0.15) is 0 Å². The summed E-state index contributed by atoms with van der Waals surface area (Å²) in [4.78, 5) is 24.1. The van der Waals surface area contributed by atoms with E-state index in [0.717, 1.165) is 0 Å². The van der Waals surface area contributed by atoms with Gasteiger partial charge in [-0.15, -0.1) is 11.3 Å². The standard InChI is InChI=1S/C13H20N2O3S/c1-9(5-6-16)8-14-12(17)10(2)15-13(18)11-4-3-7-19-11/h3-4,7,9-10,16H,5-6,8H2,1-2H3,(H,14,17)(H,15,18). The fraction of sp³-hybridized carbons (Fsp3) is 0.538. The second-order valence-corrected chi connectivity index (χ2v) is 5.48. The molecule has 0 bridgehead atoms. The first-order valence-electron chi connectivity index (χ1n) is 6.27. The average molecular weight is 284 g/mol. The van der Waals surface area contributed by atoms with Gasteiger partial charge in [-0.3, -0.25) is 9.59 Å². The van der Waals surface area contributed by atoms with Crippen molar-refractivity contribution >= 4 is 23.2 Å². The maximum Gasteiger partial charge on any atom is 0.261 e. The van der Waals surface area contributed by atoms with Gasteiger partial charge in [-0.25, -0.2) is 0 Å². The van der Waals surface area contributed by atoms with Crippen molar-refractivity contribution in [2.75, 3.05) is 13.2 Å². The van der Waals surface area contributed by atoms with E-state index in [1.54, 1.807) is 19.1 Å². The monoisotopic (exact) mass is 284 g/mol. The Balaban J connectivity index is 2.34. The Morgan fingerprint density at radius 3 is 2.74 bits per heavy atom. The van der Waals surface area contributed by atoms with Gasteiger partial charge >= 0.3 is 0 Å². The number of rotatable bonds is 7. The highest BCUT2D eigenvalue weighted by Gasteiger charge is 2.17. The van der Waals surface area contributed by atoms with Crippen LogP contribution in [0.25, 0.3) is 0 Å². The smallest absolute Gasteiger partial charge is 0.261 e. The van der Waals surface area contributed by atoms with Gasteiger partial charge in [0.25, 0.3) is 5.91 Å². The minimum absolute atomic E-state index is 0.113. The largest absolute Gasteiger partial charge is 0.396 e. The quantitative estimate of drug-likeness (QED) is 0.699. The molecule has 2 amide bonds. The first kappa shape index (κ1) is 15.7. The summed E-state index contributed by atoms with van der Waals surface area (Å²) in [5, 5.41) is 16.0. The third-order valence-corrected chi connectivity index (χ3v) is 3.60. The number of carbonyl (C=O) groups excluding carboxylic acids is 2. The fourth-order valence-electron chi connectivity index (χ4n) is 1.49. The van der Waals surface area contributed by atoms with E-state index >= 15 is 0 Å². The summed E-state index contributed by atoms with van der Waals surface area (Å²) in [7, 11) is 0. The van der Waals surface area contributed by atoms with Crippen molar-refractivity contribution in [1.82, 2.24) is 10.6 Å². The van der Waals surface area contributed by atoms with Gasteiger partial charge in [0.2, 0.25) is 5.91 Å². The minimum atomic E-state index is -0.573. The van der Waals surface area contributed by atoms with E-state index < -0.39 is 6.04 Å². The Morgan fingerprint density at radius 2 is 2.16 bits per heavy atom. The van der Waals surface area contributed by atoms with Crippen molar-refractivity contribution in [1.29, 1.82) is 0 Å². The summed E-state index contributed by atoms with van der Waals surface area (Å²) in [6.07, 6.45) is 0.649. The van der Waals surface area contributed by atoms with Crippen molar-refractivity contribution in [3.05, 3.63) is 22.4 Å². The molecule has 0 fully saturated rings. The highest BCUT2D eigenvalue weighted by molar-refractivity contribution is 7.12. The van der Waals surface area contributed by atoms with Gasteiger partial charge in [0.05, 0.1) is 4.88 Å². The molecule has 5 nitrogen and oxygen atoms in total. The summed E-state index contributed by atoms with van der Waals surface area (Å²) in [5.41, 5.74) is 0. The van der Waals surface area contributed by atoms with Crippen molar-refractivity contribution in [3.8, 4) is 0 Å². The maximum absolute atomic E-state index is 11.8. The van der Waals surface area contributed by atoms with Crippen LogP contribution in [-0.2, 0) is 4.79 Å². The second kappa shape index (κ2) is 7.91. The predicted octanol–water partition coefficient (Wildman–Crippen LogP) is 1.00. The molecule has 6 heteroatoms. The van der Waals surface area contributed by atoms with E-state index in [-0.39, 0.29) is 24.3 Å². The molecule has 0 spiro atoms. The first-order valence-corrected chi connectivity index (χ1v) is 7.15. The number of carbonyl (C=O) groups is 2. The SMILES string of the molecule is CC(CCO)CNC(=O)C(C)NC(=O)c1cccs1. The van der Waals surface area contributed by atoms with Crippen molar-refractivity contribution in [2.45, 2.75) is 26.3 Å². The van der Waals surface area contributed by atoms with E-state index in [2.05, 4.69) is 10.6 Å². The summed E-state index contributed by atoms with van der Waals surface area (Å²) < 4.78 is 0. The number of amides is 2. The number of thiophene rings is 1. The number of hydrogen-bond acceptors (Lipinski definition) is 4. The van der Waals surface area contributed by atoms with Crippen molar-refractivity contribution in [3.63, 3.8) is 0 Å². The molecule has 0 saturated heterocycles. The molecule has 0 aromatic carbocycles. The molecule has 0 aliphatic heterocycles. The molecule has 1 aromatic rings. The molecule has 2 atom stereocenters. The third-order valence-electron chi connectivity index (χ3n) is 2.73. The van der Waals surface area contributed by atoms with E-state index in [9.17, 15) is 9.59 Å². The number of hydrogen-bond donors (Lipinski definition) is 3. The zero-order chi connectivity index (χ0) is 14.3. The molecule has 0 radical (unpaired) electrons. The van der Waals surface area contributed by atoms with Gasteiger partial charge in [0.15, 0.2) is 0 Å². The third kappa shape index (κ3) is 5.40. The zero-order valence-electron chi connectivity index (χ0n) is 11.2. The van der Waals surface area contributed by atoms with Crippen LogP contribution in [0.2, 0.25) is 0 Å². The normalized spacial score (nSPS) is 13.6. The van der Waals surface area contributed by atoms with Gasteiger partial charge in [-0.1, -0.05) is 13.0 Å². The molecule has 1 rings (SSSR count). The van der Waals surface area contributed by atoms with Crippen LogP contribution < -0.4 is 10.6 Å². The molecular weight excluding hydrogens is 264 g/mol. The minimum Gasteiger partial charge on any atom is -0.396 e. The lowest BCUT2D eigenvalue weighted by atomic mass is 10.1. The number of aliphatic hydroxyl groups excluding tert-OH is 1. The highest BCUT2D eigenvalue weighted by atomic mass is 32.1. The Bertz CT molecular complexity index is 406. The van der Waals surface area contributed by atoms with Crippen LogP contribution in [0.15, 0.2) is 17.5 Å². The molecule has 1 aromatic heterocycles. The molecule has 0 aliphatic rings. The Hall–Kier alpha value is -1.40. The van der Waals surface area contributed by atoms with Gasteiger partial charge in [0, 0.05) is 13.2 Å². The van der Waals surface area contributed by atoms with E-state index in [1.165, 1.54) is 11.3 Å². The molecule has 1 heterocycles. The molecule has 0 aliphatic carbocycles. The van der Waals surface area contributed by atoms with Gasteiger partial charge < -0.3 is 15.7 Å². The maximum atomic E-state index is 11.8. The van der Waals surface area contributed by atoms with Crippen LogP contribution in [0.3, 0.4) is 0 Å². The van der Waals surface area contributed by atoms with Gasteiger partial charge in [-0.05, 0) is 30.7 Å². The lowest BCUT2D eigenvalue weighted by Gasteiger charge is -2.16. The Labute approximate surface area is 117 Å². The van der Waals surface area contributed by atoms with Crippen molar-refractivity contribution < 1.29 is 14.7 Å². The van der Waals surface area contributed by atoms with Crippen LogP contribution in [0.5, 0.6) is 0 Å². The lowest BCUT2D eigenvalue weighted by Crippen LogP contribution is -2.45. The molecule has 3 N–H and O–H groups in total. The van der Waals surface area contributed by atoms with E-state index in [4.69, 9.17) is 5.11 Å². The fourth-order valence-corrected chi connectivity index (χ4v) is 2.12. The van der Waals surface area contributed by atoms with Crippen LogP contribution in [0, 0.1) is 5.92 Å². The Morgan fingerprint density at radius 1 is 1.42 bits per heavy atom. The molecule has 0 saturated carbocycles. The molecule has 19 heavy (non-hydrogen) atoms. The zero-order valence-corrected chi connectivity index (χ0v) is 12.0. The molecule has 2 unspecified atom stereocenters. The van der Waals surface area contributed by atoms with Crippen LogP contribution >= 0.6 is 11.3 Å². The van der Waals surface area contributed by atoms with Gasteiger partial charge in [0.1, 0.15) is 6.04 Å².